The van der Waals surface area contributed by atoms with Crippen LogP contribution in [0.15, 0.2) is 18.2 Å². The van der Waals surface area contributed by atoms with E-state index >= 15 is 0 Å². The third-order valence-corrected chi connectivity index (χ3v) is 5.34. The number of hydrogen-bond donors (Lipinski definition) is 1. The first-order chi connectivity index (χ1) is 9.11. The maximum atomic E-state index is 6.06. The second kappa shape index (κ2) is 6.67. The van der Waals surface area contributed by atoms with Crippen molar-refractivity contribution in [2.45, 2.75) is 45.2 Å². The summed E-state index contributed by atoms with van der Waals surface area (Å²) in [6.07, 6.45) is 3.34. The molecule has 0 saturated carbocycles. The molecule has 1 aliphatic rings. The average Bonchev–Trinajstić information content (AvgIpc) is 2.94. The predicted molar refractivity (Wildman–Crippen MR) is 87.3 cm³/mol. The van der Waals surface area contributed by atoms with E-state index in [-0.39, 0.29) is 6.04 Å². The molecule has 0 bridgehead atoms. The fourth-order valence-electron chi connectivity index (χ4n) is 2.59. The van der Waals surface area contributed by atoms with Crippen molar-refractivity contribution in [2.24, 2.45) is 5.73 Å². The number of rotatable bonds is 5. The highest BCUT2D eigenvalue weighted by atomic mass is 32.2. The first-order valence-corrected chi connectivity index (χ1v) is 8.43. The van der Waals surface area contributed by atoms with Crippen molar-refractivity contribution < 1.29 is 0 Å². The predicted octanol–water partition coefficient (Wildman–Crippen LogP) is 3.22. The summed E-state index contributed by atoms with van der Waals surface area (Å²) < 4.78 is 0. The highest BCUT2D eigenvalue weighted by molar-refractivity contribution is 7.99. The normalized spacial score (nSPS) is 20.5. The molecule has 1 fully saturated rings. The number of anilines is 1. The van der Waals surface area contributed by atoms with E-state index in [2.05, 4.69) is 55.8 Å². The number of nitrogens with zero attached hydrogens (tertiary/aromatic N) is 1. The van der Waals surface area contributed by atoms with Crippen LogP contribution >= 0.6 is 11.8 Å². The van der Waals surface area contributed by atoms with Crippen LogP contribution in [0, 0.1) is 6.92 Å². The molecule has 1 aliphatic heterocycles. The van der Waals surface area contributed by atoms with Crippen LogP contribution in [0.25, 0.3) is 0 Å². The lowest BCUT2D eigenvalue weighted by atomic mass is 9.99. The van der Waals surface area contributed by atoms with E-state index in [0.29, 0.717) is 6.04 Å². The highest BCUT2D eigenvalue weighted by Gasteiger charge is 2.20. The largest absolute Gasteiger partial charge is 0.371 e. The Hall–Kier alpha value is -0.670. The summed E-state index contributed by atoms with van der Waals surface area (Å²) in [5.74, 6) is 2.56. The quantitative estimate of drug-likeness (QED) is 0.897. The SMILES string of the molecule is CCC(N)Cc1ccc(N(C)C2CCSC2)cc1C. The molecule has 2 N–H and O–H groups in total. The van der Waals surface area contributed by atoms with E-state index in [0.717, 1.165) is 12.8 Å². The number of nitrogens with two attached hydrogens (primary N) is 1. The van der Waals surface area contributed by atoms with Crippen LogP contribution in [0.5, 0.6) is 0 Å². The first-order valence-electron chi connectivity index (χ1n) is 7.27. The molecule has 2 atom stereocenters. The standard InChI is InChI=1S/C16H26N2S/c1-4-14(17)10-13-5-6-15(9-12(13)2)18(3)16-7-8-19-11-16/h5-6,9,14,16H,4,7-8,10-11,17H2,1-3H3. The van der Waals surface area contributed by atoms with E-state index < -0.39 is 0 Å². The summed E-state index contributed by atoms with van der Waals surface area (Å²) in [5.41, 5.74) is 10.2. The summed E-state index contributed by atoms with van der Waals surface area (Å²) in [7, 11) is 2.22. The van der Waals surface area contributed by atoms with Gasteiger partial charge in [0.2, 0.25) is 0 Å². The fourth-order valence-corrected chi connectivity index (χ4v) is 3.86. The molecule has 2 unspecified atom stereocenters. The Bertz CT molecular complexity index is 413. The molecule has 1 aromatic carbocycles. The Kier molecular flexibility index (Phi) is 5.17. The van der Waals surface area contributed by atoms with E-state index in [1.807, 2.05) is 0 Å². The maximum Gasteiger partial charge on any atom is 0.0385 e. The van der Waals surface area contributed by atoms with Crippen LogP contribution < -0.4 is 10.6 Å². The lowest BCUT2D eigenvalue weighted by Crippen LogP contribution is -2.31. The number of benzene rings is 1. The summed E-state index contributed by atoms with van der Waals surface area (Å²) in [6.45, 7) is 4.36. The van der Waals surface area contributed by atoms with Gasteiger partial charge in [0.1, 0.15) is 0 Å². The van der Waals surface area contributed by atoms with Gasteiger partial charge in [-0.15, -0.1) is 0 Å². The Labute approximate surface area is 121 Å². The summed E-state index contributed by atoms with van der Waals surface area (Å²) >= 11 is 2.07. The minimum Gasteiger partial charge on any atom is -0.371 e. The smallest absolute Gasteiger partial charge is 0.0385 e. The molecule has 3 heteroatoms. The maximum absolute atomic E-state index is 6.06. The molecule has 106 valence electrons. The van der Waals surface area contributed by atoms with E-state index in [1.54, 1.807) is 0 Å². The third-order valence-electron chi connectivity index (χ3n) is 4.19. The molecular formula is C16H26N2S. The lowest BCUT2D eigenvalue weighted by molar-refractivity contribution is 0.644. The van der Waals surface area contributed by atoms with Crippen molar-refractivity contribution in [2.75, 3.05) is 23.5 Å². The zero-order valence-electron chi connectivity index (χ0n) is 12.4. The Morgan fingerprint density at radius 2 is 2.26 bits per heavy atom. The van der Waals surface area contributed by atoms with Gasteiger partial charge < -0.3 is 10.6 Å². The molecular weight excluding hydrogens is 252 g/mol. The zero-order chi connectivity index (χ0) is 13.8. The van der Waals surface area contributed by atoms with Crippen molar-refractivity contribution in [1.82, 2.24) is 0 Å². The van der Waals surface area contributed by atoms with Gasteiger partial charge in [0, 0.05) is 30.6 Å². The van der Waals surface area contributed by atoms with Gasteiger partial charge in [-0.1, -0.05) is 13.0 Å². The number of aryl methyl sites for hydroxylation is 1. The number of hydrogen-bond acceptors (Lipinski definition) is 3. The third kappa shape index (κ3) is 3.67. The Morgan fingerprint density at radius 1 is 1.47 bits per heavy atom. The summed E-state index contributed by atoms with van der Waals surface area (Å²) in [6, 6.07) is 7.83. The molecule has 2 rings (SSSR count). The van der Waals surface area contributed by atoms with E-state index in [9.17, 15) is 0 Å². The molecule has 2 nitrogen and oxygen atoms in total. The number of thioether (sulfide) groups is 1. The van der Waals surface area contributed by atoms with Gasteiger partial charge in [0.25, 0.3) is 0 Å². The van der Waals surface area contributed by atoms with Gasteiger partial charge in [-0.3, -0.25) is 0 Å². The second-order valence-electron chi connectivity index (χ2n) is 5.61. The fraction of sp³-hybridized carbons (Fsp3) is 0.625. The summed E-state index contributed by atoms with van der Waals surface area (Å²) in [5, 5.41) is 0. The van der Waals surface area contributed by atoms with Crippen LogP contribution in [-0.2, 0) is 6.42 Å². The van der Waals surface area contributed by atoms with Gasteiger partial charge in [0.15, 0.2) is 0 Å². The van der Waals surface area contributed by atoms with Crippen molar-refractivity contribution >= 4 is 17.4 Å². The van der Waals surface area contributed by atoms with Gasteiger partial charge >= 0.3 is 0 Å². The monoisotopic (exact) mass is 278 g/mol. The molecule has 19 heavy (non-hydrogen) atoms. The van der Waals surface area contributed by atoms with Crippen LogP contribution in [0.3, 0.4) is 0 Å². The van der Waals surface area contributed by atoms with Gasteiger partial charge in [-0.2, -0.15) is 11.8 Å². The minimum absolute atomic E-state index is 0.286. The van der Waals surface area contributed by atoms with Crippen LogP contribution in [0.4, 0.5) is 5.69 Å². The van der Waals surface area contributed by atoms with E-state index in [4.69, 9.17) is 5.73 Å². The molecule has 1 aromatic rings. The van der Waals surface area contributed by atoms with Gasteiger partial charge in [-0.05, 0) is 55.2 Å². The van der Waals surface area contributed by atoms with Gasteiger partial charge in [0.05, 0.1) is 0 Å². The average molecular weight is 278 g/mol. The molecule has 1 heterocycles. The highest BCUT2D eigenvalue weighted by Crippen LogP contribution is 2.27. The Morgan fingerprint density at radius 3 is 2.84 bits per heavy atom. The zero-order valence-corrected chi connectivity index (χ0v) is 13.2. The first kappa shape index (κ1) is 14.7. The van der Waals surface area contributed by atoms with Crippen molar-refractivity contribution in [1.29, 1.82) is 0 Å². The van der Waals surface area contributed by atoms with Crippen molar-refractivity contribution in [3.63, 3.8) is 0 Å². The lowest BCUT2D eigenvalue weighted by Gasteiger charge is -2.27. The van der Waals surface area contributed by atoms with Crippen LogP contribution in [-0.4, -0.2) is 30.6 Å². The summed E-state index contributed by atoms with van der Waals surface area (Å²) in [4.78, 5) is 2.44. The molecule has 1 saturated heterocycles. The van der Waals surface area contributed by atoms with Crippen LogP contribution in [0.2, 0.25) is 0 Å². The van der Waals surface area contributed by atoms with Gasteiger partial charge in [-0.25, -0.2) is 0 Å². The topological polar surface area (TPSA) is 29.3 Å². The van der Waals surface area contributed by atoms with E-state index in [1.165, 1.54) is 34.7 Å². The van der Waals surface area contributed by atoms with Crippen LogP contribution in [0.1, 0.15) is 30.9 Å². The molecule has 0 spiro atoms. The molecule has 0 aliphatic carbocycles. The molecule has 0 amide bonds. The minimum atomic E-state index is 0.286. The molecule has 0 aromatic heterocycles. The van der Waals surface area contributed by atoms with Crippen molar-refractivity contribution in [3.8, 4) is 0 Å². The Balaban J connectivity index is 2.09. The second-order valence-corrected chi connectivity index (χ2v) is 6.76. The van der Waals surface area contributed by atoms with Crippen molar-refractivity contribution in [3.05, 3.63) is 29.3 Å². The molecule has 0 radical (unpaired) electrons.